The summed E-state index contributed by atoms with van der Waals surface area (Å²) in [5, 5.41) is 6.64. The van der Waals surface area contributed by atoms with Crippen LogP contribution in [0.1, 0.15) is 34.7 Å². The van der Waals surface area contributed by atoms with Gasteiger partial charge in [0, 0.05) is 38.3 Å². The minimum absolute atomic E-state index is 0.0156. The molecule has 0 radical (unpaired) electrons. The van der Waals surface area contributed by atoms with Gasteiger partial charge in [0.25, 0.3) is 5.91 Å². The number of carbonyl (C=O) groups is 1. The first-order valence-corrected chi connectivity index (χ1v) is 6.53. The van der Waals surface area contributed by atoms with E-state index < -0.39 is 0 Å². The third kappa shape index (κ3) is 2.25. The van der Waals surface area contributed by atoms with Gasteiger partial charge in [0.2, 0.25) is 0 Å². The zero-order valence-electron chi connectivity index (χ0n) is 11.0. The van der Waals surface area contributed by atoms with Crippen LogP contribution in [0.2, 0.25) is 0 Å². The van der Waals surface area contributed by atoms with Crippen molar-refractivity contribution in [1.82, 2.24) is 24.6 Å². The number of carbonyl (C=O) groups excluding carboxylic acids is 1. The first kappa shape index (κ1) is 12.0. The molecule has 0 aliphatic carbocycles. The summed E-state index contributed by atoms with van der Waals surface area (Å²) >= 11 is 0. The summed E-state index contributed by atoms with van der Waals surface area (Å²) in [6.07, 6.45) is 8.49. The summed E-state index contributed by atoms with van der Waals surface area (Å²) in [5.41, 5.74) is 1.69. The highest BCUT2D eigenvalue weighted by Crippen LogP contribution is 2.17. The number of aromatic amines is 1. The number of nitrogens with zero attached hydrogens (tertiary/aromatic N) is 4. The van der Waals surface area contributed by atoms with E-state index in [0.717, 1.165) is 37.2 Å². The zero-order valence-corrected chi connectivity index (χ0v) is 11.0. The predicted molar refractivity (Wildman–Crippen MR) is 69.6 cm³/mol. The van der Waals surface area contributed by atoms with Gasteiger partial charge in [0.15, 0.2) is 0 Å². The van der Waals surface area contributed by atoms with E-state index in [9.17, 15) is 4.79 Å². The van der Waals surface area contributed by atoms with Gasteiger partial charge in [0.05, 0.1) is 12.4 Å². The maximum Gasteiger partial charge on any atom is 0.272 e. The highest BCUT2D eigenvalue weighted by atomic mass is 16.2. The van der Waals surface area contributed by atoms with Crippen LogP contribution in [0.3, 0.4) is 0 Å². The van der Waals surface area contributed by atoms with Gasteiger partial charge < -0.3 is 9.47 Å². The third-order valence-corrected chi connectivity index (χ3v) is 3.51. The largest absolute Gasteiger partial charge is 0.336 e. The number of imidazole rings is 1. The number of hydrogen-bond acceptors (Lipinski definition) is 3. The van der Waals surface area contributed by atoms with Crippen LogP contribution in [0.4, 0.5) is 0 Å². The number of hydrogen-bond donors (Lipinski definition) is 1. The molecule has 2 aromatic heterocycles. The molecule has 0 saturated carbocycles. The summed E-state index contributed by atoms with van der Waals surface area (Å²) < 4.78 is 2.05. The summed E-state index contributed by atoms with van der Waals surface area (Å²) in [6, 6.07) is 0. The van der Waals surface area contributed by atoms with E-state index in [1.54, 1.807) is 30.5 Å². The Hall–Kier alpha value is -2.11. The number of nitrogens with one attached hydrogen (secondary N) is 1. The first-order chi connectivity index (χ1) is 9.25. The number of aryl methyl sites for hydroxylation is 1. The van der Waals surface area contributed by atoms with Crippen LogP contribution in [0.25, 0.3) is 0 Å². The number of H-pyrrole nitrogens is 1. The standard InChI is InChI=1S/C13H17N5O/c1-17(9-10-6-15-16-7-10)13(19)11-8-14-12-4-2-3-5-18(11)12/h6-8H,2-5,9H2,1H3,(H,15,16). The smallest absolute Gasteiger partial charge is 0.272 e. The van der Waals surface area contributed by atoms with Crippen molar-refractivity contribution in [2.75, 3.05) is 7.05 Å². The summed E-state index contributed by atoms with van der Waals surface area (Å²) in [6.45, 7) is 1.45. The number of amides is 1. The zero-order chi connectivity index (χ0) is 13.2. The van der Waals surface area contributed by atoms with Gasteiger partial charge in [-0.3, -0.25) is 9.89 Å². The van der Waals surface area contributed by atoms with Crippen molar-refractivity contribution < 1.29 is 4.79 Å². The number of aromatic nitrogens is 4. The number of rotatable bonds is 3. The monoisotopic (exact) mass is 259 g/mol. The average Bonchev–Trinajstić information content (AvgIpc) is 3.06. The normalized spacial score (nSPS) is 14.2. The van der Waals surface area contributed by atoms with Crippen LogP contribution >= 0.6 is 0 Å². The molecule has 1 amide bonds. The topological polar surface area (TPSA) is 66.8 Å². The minimum atomic E-state index is 0.0156. The van der Waals surface area contributed by atoms with Gasteiger partial charge in [-0.05, 0) is 12.8 Å². The molecule has 3 rings (SSSR count). The summed E-state index contributed by atoms with van der Waals surface area (Å²) in [4.78, 5) is 18.5. The molecule has 1 aliphatic rings. The fraction of sp³-hybridized carbons (Fsp3) is 0.462. The number of fused-ring (bicyclic) bond motifs is 1. The predicted octanol–water partition coefficient (Wildman–Crippen LogP) is 1.21. The molecule has 19 heavy (non-hydrogen) atoms. The molecule has 0 unspecified atom stereocenters. The van der Waals surface area contributed by atoms with Crippen molar-refractivity contribution in [3.8, 4) is 0 Å². The highest BCUT2D eigenvalue weighted by Gasteiger charge is 2.21. The van der Waals surface area contributed by atoms with Gasteiger partial charge in [-0.15, -0.1) is 0 Å². The lowest BCUT2D eigenvalue weighted by atomic mass is 10.1. The van der Waals surface area contributed by atoms with Gasteiger partial charge >= 0.3 is 0 Å². The van der Waals surface area contributed by atoms with E-state index in [2.05, 4.69) is 19.7 Å². The minimum Gasteiger partial charge on any atom is -0.336 e. The molecule has 100 valence electrons. The lowest BCUT2D eigenvalue weighted by molar-refractivity contribution is 0.0773. The molecule has 2 aromatic rings. The van der Waals surface area contributed by atoms with Crippen LogP contribution in [0.15, 0.2) is 18.6 Å². The second-order valence-corrected chi connectivity index (χ2v) is 4.94. The Balaban J connectivity index is 1.78. The van der Waals surface area contributed by atoms with E-state index in [4.69, 9.17) is 0 Å². The second kappa shape index (κ2) is 4.87. The Bertz CT molecular complexity index is 572. The first-order valence-electron chi connectivity index (χ1n) is 6.53. The van der Waals surface area contributed by atoms with Crippen LogP contribution < -0.4 is 0 Å². The Kier molecular flexibility index (Phi) is 3.06. The maximum absolute atomic E-state index is 12.4. The van der Waals surface area contributed by atoms with E-state index in [0.29, 0.717) is 12.2 Å². The molecular formula is C13H17N5O. The van der Waals surface area contributed by atoms with E-state index in [1.165, 1.54) is 0 Å². The van der Waals surface area contributed by atoms with E-state index >= 15 is 0 Å². The molecule has 0 spiro atoms. The Morgan fingerprint density at radius 1 is 1.47 bits per heavy atom. The highest BCUT2D eigenvalue weighted by molar-refractivity contribution is 5.92. The van der Waals surface area contributed by atoms with Gasteiger partial charge in [-0.25, -0.2) is 4.98 Å². The molecule has 6 nitrogen and oxygen atoms in total. The quantitative estimate of drug-likeness (QED) is 0.901. The lowest BCUT2D eigenvalue weighted by Crippen LogP contribution is -2.29. The second-order valence-electron chi connectivity index (χ2n) is 4.94. The SMILES string of the molecule is CN(Cc1cn[nH]c1)C(=O)c1cnc2n1CCCC2. The molecule has 1 aliphatic heterocycles. The van der Waals surface area contributed by atoms with Crippen LogP contribution in [-0.2, 0) is 19.5 Å². The molecular weight excluding hydrogens is 242 g/mol. The fourth-order valence-electron chi connectivity index (χ4n) is 2.49. The van der Waals surface area contributed by atoms with Crippen molar-refractivity contribution >= 4 is 5.91 Å². The van der Waals surface area contributed by atoms with Gasteiger partial charge in [-0.2, -0.15) is 5.10 Å². The maximum atomic E-state index is 12.4. The molecule has 0 aromatic carbocycles. The Morgan fingerprint density at radius 2 is 2.37 bits per heavy atom. The molecule has 0 saturated heterocycles. The van der Waals surface area contributed by atoms with Crippen molar-refractivity contribution in [1.29, 1.82) is 0 Å². The summed E-state index contributed by atoms with van der Waals surface area (Å²) in [5.74, 6) is 1.05. The molecule has 3 heterocycles. The van der Waals surface area contributed by atoms with Crippen molar-refractivity contribution in [3.05, 3.63) is 35.7 Å². The van der Waals surface area contributed by atoms with E-state index in [-0.39, 0.29) is 5.91 Å². The van der Waals surface area contributed by atoms with Gasteiger partial charge in [-0.1, -0.05) is 0 Å². The van der Waals surface area contributed by atoms with Crippen molar-refractivity contribution in [2.24, 2.45) is 0 Å². The molecule has 1 N–H and O–H groups in total. The van der Waals surface area contributed by atoms with Crippen LogP contribution in [0.5, 0.6) is 0 Å². The Labute approximate surface area is 111 Å². The molecule has 0 bridgehead atoms. The summed E-state index contributed by atoms with van der Waals surface area (Å²) in [7, 11) is 1.80. The third-order valence-electron chi connectivity index (χ3n) is 3.51. The average molecular weight is 259 g/mol. The Morgan fingerprint density at radius 3 is 3.16 bits per heavy atom. The van der Waals surface area contributed by atoms with Crippen molar-refractivity contribution in [2.45, 2.75) is 32.4 Å². The van der Waals surface area contributed by atoms with Crippen LogP contribution in [-0.4, -0.2) is 37.6 Å². The molecule has 0 atom stereocenters. The van der Waals surface area contributed by atoms with Crippen molar-refractivity contribution in [3.63, 3.8) is 0 Å². The molecule has 6 heteroatoms. The fourth-order valence-corrected chi connectivity index (χ4v) is 2.49. The van der Waals surface area contributed by atoms with Gasteiger partial charge in [0.1, 0.15) is 11.5 Å². The lowest BCUT2D eigenvalue weighted by Gasteiger charge is -2.20. The van der Waals surface area contributed by atoms with E-state index in [1.807, 2.05) is 0 Å². The van der Waals surface area contributed by atoms with Crippen LogP contribution in [0, 0.1) is 0 Å². The molecule has 0 fully saturated rings.